The van der Waals surface area contributed by atoms with E-state index in [2.05, 4.69) is 4.99 Å². The third-order valence-corrected chi connectivity index (χ3v) is 5.63. The molecule has 0 aliphatic heterocycles. The number of hydrogen-bond acceptors (Lipinski definition) is 3. The van der Waals surface area contributed by atoms with E-state index in [0.29, 0.717) is 4.80 Å². The van der Waals surface area contributed by atoms with Crippen molar-refractivity contribution in [2.45, 2.75) is 6.92 Å². The summed E-state index contributed by atoms with van der Waals surface area (Å²) < 4.78 is 2.98. The van der Waals surface area contributed by atoms with Gasteiger partial charge in [-0.25, -0.2) is 0 Å². The van der Waals surface area contributed by atoms with Crippen molar-refractivity contribution in [2.75, 3.05) is 0 Å². The lowest BCUT2D eigenvalue weighted by Crippen LogP contribution is -2.12. The van der Waals surface area contributed by atoms with E-state index in [9.17, 15) is 4.79 Å². The molecule has 0 N–H and O–H groups in total. The lowest BCUT2D eigenvalue weighted by atomic mass is 10.2. The normalized spacial score (nSPS) is 12.6. The zero-order chi connectivity index (χ0) is 15.7. The minimum absolute atomic E-state index is 0.265. The third kappa shape index (κ3) is 2.92. The Bertz CT molecular complexity index is 933. The summed E-state index contributed by atoms with van der Waals surface area (Å²) in [6.45, 7) is 1.97. The predicted octanol–water partition coefficient (Wildman–Crippen LogP) is 4.40. The molecule has 6 heteroatoms. The second kappa shape index (κ2) is 6.20. The molecular weight excluding hydrogens is 336 g/mol. The predicted molar refractivity (Wildman–Crippen MR) is 94.5 cm³/mol. The Morgan fingerprint density at radius 2 is 2.18 bits per heavy atom. The standard InChI is InChI=1S/C16H13ClN2OS2/c1-10-12(17)6-7-13-15(10)19(2)16(22-13)18-14(20)8-5-11-4-3-9-21-11/h3-9H,1-2H3. The summed E-state index contributed by atoms with van der Waals surface area (Å²) >= 11 is 9.23. The maximum Gasteiger partial charge on any atom is 0.272 e. The maximum absolute atomic E-state index is 12.0. The fraction of sp³-hybridized carbons (Fsp3) is 0.125. The van der Waals surface area contributed by atoms with E-state index in [4.69, 9.17) is 11.6 Å². The molecule has 0 aliphatic rings. The SMILES string of the molecule is Cc1c(Cl)ccc2sc(=NC(=O)C=Cc3cccs3)n(C)c12. The second-order valence-corrected chi connectivity index (χ2v) is 7.16. The average molecular weight is 349 g/mol. The number of aryl methyl sites for hydroxylation is 2. The number of nitrogens with zero attached hydrogens (tertiary/aromatic N) is 2. The van der Waals surface area contributed by atoms with Gasteiger partial charge in [-0.3, -0.25) is 4.79 Å². The van der Waals surface area contributed by atoms with Crippen LogP contribution in [0.25, 0.3) is 16.3 Å². The summed E-state index contributed by atoms with van der Waals surface area (Å²) in [6, 6.07) is 7.74. The summed E-state index contributed by atoms with van der Waals surface area (Å²) in [6.07, 6.45) is 3.28. The molecule has 3 aromatic rings. The molecule has 0 spiro atoms. The zero-order valence-corrected chi connectivity index (χ0v) is 14.4. The van der Waals surface area contributed by atoms with E-state index in [1.165, 1.54) is 17.4 Å². The van der Waals surface area contributed by atoms with Crippen LogP contribution in [0, 0.1) is 6.92 Å². The first-order chi connectivity index (χ1) is 10.6. The number of thiazole rings is 1. The van der Waals surface area contributed by atoms with Crippen LogP contribution in [0.4, 0.5) is 0 Å². The van der Waals surface area contributed by atoms with Gasteiger partial charge in [0, 0.05) is 23.0 Å². The van der Waals surface area contributed by atoms with Crippen molar-refractivity contribution in [3.05, 3.63) is 56.0 Å². The Morgan fingerprint density at radius 1 is 1.36 bits per heavy atom. The summed E-state index contributed by atoms with van der Waals surface area (Å²) in [4.78, 5) is 17.9. The summed E-state index contributed by atoms with van der Waals surface area (Å²) in [7, 11) is 1.90. The minimum atomic E-state index is -0.265. The smallest absolute Gasteiger partial charge is 0.272 e. The number of halogens is 1. The Balaban J connectivity index is 2.01. The molecule has 0 atom stereocenters. The molecule has 0 radical (unpaired) electrons. The molecule has 1 aromatic carbocycles. The molecular formula is C16H13ClN2OS2. The van der Waals surface area contributed by atoms with E-state index in [1.807, 2.05) is 48.2 Å². The highest BCUT2D eigenvalue weighted by atomic mass is 35.5. The number of amides is 1. The van der Waals surface area contributed by atoms with Gasteiger partial charge in [-0.05, 0) is 42.1 Å². The van der Waals surface area contributed by atoms with Crippen LogP contribution < -0.4 is 4.80 Å². The Hall–Kier alpha value is -1.69. The zero-order valence-electron chi connectivity index (χ0n) is 12.0. The van der Waals surface area contributed by atoms with Gasteiger partial charge in [-0.1, -0.05) is 29.0 Å². The van der Waals surface area contributed by atoms with Gasteiger partial charge in [0.25, 0.3) is 5.91 Å². The topological polar surface area (TPSA) is 34.4 Å². The van der Waals surface area contributed by atoms with E-state index in [0.717, 1.165) is 25.7 Å². The van der Waals surface area contributed by atoms with E-state index in [-0.39, 0.29) is 5.91 Å². The third-order valence-electron chi connectivity index (χ3n) is 3.29. The number of benzene rings is 1. The van der Waals surface area contributed by atoms with Crippen molar-refractivity contribution in [3.63, 3.8) is 0 Å². The first-order valence-corrected chi connectivity index (χ1v) is 8.68. The first kappa shape index (κ1) is 15.2. The molecule has 0 bridgehead atoms. The Labute approximate surface area is 140 Å². The van der Waals surface area contributed by atoms with Crippen LogP contribution >= 0.6 is 34.3 Å². The molecule has 0 aliphatic carbocycles. The second-order valence-electron chi connectivity index (χ2n) is 4.76. The minimum Gasteiger partial charge on any atom is -0.319 e. The molecule has 22 heavy (non-hydrogen) atoms. The Kier molecular flexibility index (Phi) is 4.29. The van der Waals surface area contributed by atoms with Gasteiger partial charge in [0.05, 0.1) is 10.2 Å². The number of carbonyl (C=O) groups excluding carboxylic acids is 1. The molecule has 0 saturated carbocycles. The largest absolute Gasteiger partial charge is 0.319 e. The lowest BCUT2D eigenvalue weighted by Gasteiger charge is -2.01. The Morgan fingerprint density at radius 3 is 2.91 bits per heavy atom. The number of fused-ring (bicyclic) bond motifs is 1. The number of hydrogen-bond donors (Lipinski definition) is 0. The molecule has 2 heterocycles. The summed E-state index contributed by atoms with van der Waals surface area (Å²) in [5, 5.41) is 2.69. The fourth-order valence-electron chi connectivity index (χ4n) is 2.18. The van der Waals surface area contributed by atoms with Crippen molar-refractivity contribution in [1.82, 2.24) is 4.57 Å². The van der Waals surface area contributed by atoms with Crippen LogP contribution in [0.5, 0.6) is 0 Å². The highest BCUT2D eigenvalue weighted by molar-refractivity contribution is 7.16. The summed E-state index contributed by atoms with van der Waals surface area (Å²) in [5.41, 5.74) is 2.02. The highest BCUT2D eigenvalue weighted by Gasteiger charge is 2.08. The lowest BCUT2D eigenvalue weighted by molar-refractivity contribution is -0.113. The highest BCUT2D eigenvalue weighted by Crippen LogP contribution is 2.26. The van der Waals surface area contributed by atoms with Crippen LogP contribution in [-0.2, 0) is 11.8 Å². The average Bonchev–Trinajstić information content (AvgIpc) is 3.10. The molecule has 112 valence electrons. The number of carbonyl (C=O) groups is 1. The van der Waals surface area contributed by atoms with E-state index < -0.39 is 0 Å². The van der Waals surface area contributed by atoms with Crippen LogP contribution in [-0.4, -0.2) is 10.5 Å². The van der Waals surface area contributed by atoms with Crippen LogP contribution in [0.15, 0.2) is 40.7 Å². The van der Waals surface area contributed by atoms with Crippen molar-refractivity contribution in [2.24, 2.45) is 12.0 Å². The van der Waals surface area contributed by atoms with Gasteiger partial charge >= 0.3 is 0 Å². The van der Waals surface area contributed by atoms with Crippen LogP contribution in [0.3, 0.4) is 0 Å². The van der Waals surface area contributed by atoms with Crippen molar-refractivity contribution >= 4 is 56.5 Å². The van der Waals surface area contributed by atoms with Gasteiger partial charge in [-0.15, -0.1) is 11.3 Å². The van der Waals surface area contributed by atoms with Gasteiger partial charge in [0.15, 0.2) is 4.80 Å². The molecule has 1 amide bonds. The molecule has 0 saturated heterocycles. The molecule has 0 fully saturated rings. The van der Waals surface area contributed by atoms with Gasteiger partial charge < -0.3 is 4.57 Å². The van der Waals surface area contributed by atoms with Gasteiger partial charge in [-0.2, -0.15) is 4.99 Å². The molecule has 3 nitrogen and oxygen atoms in total. The molecule has 3 rings (SSSR count). The van der Waals surface area contributed by atoms with Gasteiger partial charge in [0.1, 0.15) is 0 Å². The van der Waals surface area contributed by atoms with Crippen molar-refractivity contribution < 1.29 is 4.79 Å². The van der Waals surface area contributed by atoms with E-state index in [1.54, 1.807) is 17.4 Å². The number of thiophene rings is 1. The number of rotatable bonds is 2. The van der Waals surface area contributed by atoms with E-state index >= 15 is 0 Å². The quantitative estimate of drug-likeness (QED) is 0.632. The number of aromatic nitrogens is 1. The molecule has 2 aromatic heterocycles. The van der Waals surface area contributed by atoms with Crippen LogP contribution in [0.1, 0.15) is 10.4 Å². The van der Waals surface area contributed by atoms with Crippen LogP contribution in [0.2, 0.25) is 5.02 Å². The van der Waals surface area contributed by atoms with Crippen molar-refractivity contribution in [1.29, 1.82) is 0 Å². The monoisotopic (exact) mass is 348 g/mol. The van der Waals surface area contributed by atoms with Gasteiger partial charge in [0.2, 0.25) is 0 Å². The maximum atomic E-state index is 12.0. The fourth-order valence-corrected chi connectivity index (χ4v) is 4.04. The van der Waals surface area contributed by atoms with Crippen molar-refractivity contribution in [3.8, 4) is 0 Å². The molecule has 0 unspecified atom stereocenters. The summed E-state index contributed by atoms with van der Waals surface area (Å²) in [5.74, 6) is -0.265. The first-order valence-electron chi connectivity index (χ1n) is 6.61.